The Morgan fingerprint density at radius 1 is 0.955 bits per heavy atom. The Kier molecular flexibility index (Phi) is 8.90. The van der Waals surface area contributed by atoms with Crippen molar-refractivity contribution in [2.24, 2.45) is 0 Å². The maximum absolute atomic E-state index is 12.1. The minimum atomic E-state index is -0.301. The average Bonchev–Trinajstić information content (AvgIpc) is 2.48. The lowest BCUT2D eigenvalue weighted by Crippen LogP contribution is -2.43. The first-order chi connectivity index (χ1) is 10.1. The summed E-state index contributed by atoms with van der Waals surface area (Å²) in [4.78, 5) is 28.9. The normalized spacial score (nSPS) is 13.5. The van der Waals surface area contributed by atoms with Gasteiger partial charge in [0, 0.05) is 39.8 Å². The van der Waals surface area contributed by atoms with Gasteiger partial charge in [-0.25, -0.2) is 9.59 Å². The molecule has 0 fully saturated rings. The minimum Gasteiger partial charge on any atom is -0.446 e. The Hall–Kier alpha value is -1.46. The summed E-state index contributed by atoms with van der Waals surface area (Å²) in [5, 5.41) is 0. The van der Waals surface area contributed by atoms with Crippen LogP contribution in [0.1, 0.15) is 47.5 Å². The smallest absolute Gasteiger partial charge is 0.409 e. The number of carbonyl (C=O) groups is 2. The molecule has 0 aromatic rings. The molecule has 0 saturated heterocycles. The molecule has 6 nitrogen and oxygen atoms in total. The number of carbonyl (C=O) groups excluding carboxylic acids is 2. The van der Waals surface area contributed by atoms with E-state index in [1.165, 1.54) is 0 Å². The number of amides is 3. The van der Waals surface area contributed by atoms with E-state index in [1.54, 1.807) is 28.8 Å². The summed E-state index contributed by atoms with van der Waals surface area (Å²) >= 11 is 0. The molecule has 0 aromatic heterocycles. The minimum absolute atomic E-state index is 0.0131. The van der Waals surface area contributed by atoms with Gasteiger partial charge in [0.1, 0.15) is 6.10 Å². The second kappa shape index (κ2) is 9.54. The molecule has 2 unspecified atom stereocenters. The Morgan fingerprint density at radius 3 is 1.95 bits per heavy atom. The molecule has 0 spiro atoms. The van der Waals surface area contributed by atoms with Crippen LogP contribution in [0.15, 0.2) is 0 Å². The van der Waals surface area contributed by atoms with Gasteiger partial charge in [-0.1, -0.05) is 0 Å². The van der Waals surface area contributed by atoms with E-state index in [4.69, 9.17) is 4.74 Å². The van der Waals surface area contributed by atoms with Gasteiger partial charge in [-0.3, -0.25) is 0 Å². The first-order valence-corrected chi connectivity index (χ1v) is 8.03. The SMILES string of the molecule is CCN(C)C(=O)N(C)C(C)CCC(C)OC(=O)N(C)C(C)C. The van der Waals surface area contributed by atoms with Crippen molar-refractivity contribution in [3.63, 3.8) is 0 Å². The summed E-state index contributed by atoms with van der Waals surface area (Å²) in [5.41, 5.74) is 0. The van der Waals surface area contributed by atoms with E-state index in [0.717, 1.165) is 12.8 Å². The molecule has 0 heterocycles. The maximum Gasteiger partial charge on any atom is 0.409 e. The van der Waals surface area contributed by atoms with Crippen molar-refractivity contribution >= 4 is 12.1 Å². The van der Waals surface area contributed by atoms with E-state index in [2.05, 4.69) is 0 Å². The molecule has 130 valence electrons. The lowest BCUT2D eigenvalue weighted by molar-refractivity contribution is 0.0622. The fourth-order valence-electron chi connectivity index (χ4n) is 1.79. The largest absolute Gasteiger partial charge is 0.446 e. The lowest BCUT2D eigenvalue weighted by atomic mass is 10.1. The quantitative estimate of drug-likeness (QED) is 0.725. The van der Waals surface area contributed by atoms with Crippen LogP contribution in [-0.2, 0) is 4.74 Å². The van der Waals surface area contributed by atoms with Crippen LogP contribution in [0.4, 0.5) is 9.59 Å². The zero-order valence-electron chi connectivity index (χ0n) is 15.4. The highest BCUT2D eigenvalue weighted by Gasteiger charge is 2.21. The Balaban J connectivity index is 4.26. The first kappa shape index (κ1) is 20.5. The van der Waals surface area contributed by atoms with Crippen LogP contribution >= 0.6 is 0 Å². The number of ether oxygens (including phenoxy) is 1. The summed E-state index contributed by atoms with van der Waals surface area (Å²) in [5.74, 6) is 0. The number of urea groups is 1. The fourth-order valence-corrected chi connectivity index (χ4v) is 1.79. The highest BCUT2D eigenvalue weighted by atomic mass is 16.6. The van der Waals surface area contributed by atoms with Crippen molar-refractivity contribution in [3.05, 3.63) is 0 Å². The van der Waals surface area contributed by atoms with Crippen LogP contribution in [-0.4, -0.2) is 72.7 Å². The molecule has 0 N–H and O–H groups in total. The van der Waals surface area contributed by atoms with Crippen molar-refractivity contribution < 1.29 is 14.3 Å². The zero-order chi connectivity index (χ0) is 17.4. The first-order valence-electron chi connectivity index (χ1n) is 8.03. The molecule has 6 heteroatoms. The van der Waals surface area contributed by atoms with Crippen LogP contribution in [0.3, 0.4) is 0 Å². The molecule has 0 aliphatic rings. The third-order valence-corrected chi connectivity index (χ3v) is 4.12. The van der Waals surface area contributed by atoms with Crippen molar-refractivity contribution in [1.29, 1.82) is 0 Å². The van der Waals surface area contributed by atoms with E-state index < -0.39 is 0 Å². The van der Waals surface area contributed by atoms with Crippen LogP contribution in [0.5, 0.6) is 0 Å². The molecular formula is C16H33N3O3. The molecule has 0 rings (SSSR count). The van der Waals surface area contributed by atoms with Crippen LogP contribution in [0.2, 0.25) is 0 Å². The summed E-state index contributed by atoms with van der Waals surface area (Å²) in [6, 6.07) is 0.233. The van der Waals surface area contributed by atoms with Gasteiger partial charge in [0.25, 0.3) is 0 Å². The molecule has 2 atom stereocenters. The van der Waals surface area contributed by atoms with Crippen LogP contribution < -0.4 is 0 Å². The van der Waals surface area contributed by atoms with Gasteiger partial charge in [-0.2, -0.15) is 0 Å². The number of nitrogens with zero attached hydrogens (tertiary/aromatic N) is 3. The topological polar surface area (TPSA) is 53.1 Å². The van der Waals surface area contributed by atoms with Crippen molar-refractivity contribution in [3.8, 4) is 0 Å². The molecule has 0 bridgehead atoms. The number of rotatable bonds is 7. The standard InChI is InChI=1S/C16H33N3O3/c1-9-17(6)15(20)19(8)13(4)10-11-14(5)22-16(21)18(7)12(2)3/h12-14H,9-11H2,1-8H3. The van der Waals surface area contributed by atoms with Crippen molar-refractivity contribution in [2.75, 3.05) is 27.7 Å². The van der Waals surface area contributed by atoms with Crippen molar-refractivity contribution in [1.82, 2.24) is 14.7 Å². The molecule has 0 radical (unpaired) electrons. The van der Waals surface area contributed by atoms with Crippen molar-refractivity contribution in [2.45, 2.75) is 65.6 Å². The molecule has 22 heavy (non-hydrogen) atoms. The summed E-state index contributed by atoms with van der Waals surface area (Å²) in [7, 11) is 5.33. The van der Waals surface area contributed by atoms with E-state index in [-0.39, 0.29) is 30.3 Å². The fraction of sp³-hybridized carbons (Fsp3) is 0.875. The summed E-state index contributed by atoms with van der Waals surface area (Å²) < 4.78 is 5.41. The highest BCUT2D eigenvalue weighted by Crippen LogP contribution is 2.12. The van der Waals surface area contributed by atoms with Crippen LogP contribution in [0, 0.1) is 0 Å². The Morgan fingerprint density at radius 2 is 1.50 bits per heavy atom. The molecular weight excluding hydrogens is 282 g/mol. The van der Waals surface area contributed by atoms with Crippen LogP contribution in [0.25, 0.3) is 0 Å². The molecule has 0 saturated carbocycles. The Labute approximate surface area is 135 Å². The predicted octanol–water partition coefficient (Wildman–Crippen LogP) is 3.02. The second-order valence-corrected chi connectivity index (χ2v) is 6.23. The van der Waals surface area contributed by atoms with Gasteiger partial charge in [0.15, 0.2) is 0 Å². The predicted molar refractivity (Wildman–Crippen MR) is 89.0 cm³/mol. The number of hydrogen-bond acceptors (Lipinski definition) is 3. The highest BCUT2D eigenvalue weighted by molar-refractivity contribution is 5.74. The van der Waals surface area contributed by atoms with E-state index >= 15 is 0 Å². The van der Waals surface area contributed by atoms with Gasteiger partial charge in [0.2, 0.25) is 0 Å². The van der Waals surface area contributed by atoms with E-state index in [0.29, 0.717) is 6.54 Å². The zero-order valence-corrected chi connectivity index (χ0v) is 15.4. The third kappa shape index (κ3) is 6.54. The van der Waals surface area contributed by atoms with Gasteiger partial charge in [-0.15, -0.1) is 0 Å². The van der Waals surface area contributed by atoms with Gasteiger partial charge < -0.3 is 19.4 Å². The summed E-state index contributed by atoms with van der Waals surface area (Å²) in [6.45, 7) is 10.4. The Bertz CT molecular complexity index is 361. The van der Waals surface area contributed by atoms with Gasteiger partial charge in [0.05, 0.1) is 0 Å². The van der Waals surface area contributed by atoms with Gasteiger partial charge >= 0.3 is 12.1 Å². The summed E-state index contributed by atoms with van der Waals surface area (Å²) in [6.07, 6.45) is 1.06. The van der Waals surface area contributed by atoms with E-state index in [9.17, 15) is 9.59 Å². The second-order valence-electron chi connectivity index (χ2n) is 6.23. The molecule has 3 amide bonds. The third-order valence-electron chi connectivity index (χ3n) is 4.12. The van der Waals surface area contributed by atoms with Gasteiger partial charge in [-0.05, 0) is 47.5 Å². The maximum atomic E-state index is 12.1. The molecule has 0 aliphatic heterocycles. The monoisotopic (exact) mass is 315 g/mol. The molecule has 0 aromatic carbocycles. The lowest BCUT2D eigenvalue weighted by Gasteiger charge is -2.30. The van der Waals surface area contributed by atoms with E-state index in [1.807, 2.05) is 41.7 Å². The number of hydrogen-bond donors (Lipinski definition) is 0. The molecule has 0 aliphatic carbocycles. The average molecular weight is 315 g/mol.